The summed E-state index contributed by atoms with van der Waals surface area (Å²) in [5.74, 6) is 0.206. The van der Waals surface area contributed by atoms with Gasteiger partial charge in [0.2, 0.25) is 10.0 Å². The molecule has 174 valence electrons. The molecule has 4 rings (SSSR count). The average molecular weight is 454 g/mol. The molecule has 0 aromatic rings. The minimum atomic E-state index is -3.57. The molecule has 0 unspecified atom stereocenters. The van der Waals surface area contributed by atoms with Gasteiger partial charge in [0, 0.05) is 25.0 Å². The number of carbonyl (C=O) groups excluding carboxylic acids is 1. The van der Waals surface area contributed by atoms with Crippen LogP contribution >= 0.6 is 0 Å². The highest BCUT2D eigenvalue weighted by Gasteiger charge is 2.72. The fraction of sp³-hybridized carbons (Fsp3) is 0.783. The van der Waals surface area contributed by atoms with Gasteiger partial charge in [-0.3, -0.25) is 4.79 Å². The van der Waals surface area contributed by atoms with Crippen molar-refractivity contribution in [3.8, 4) is 0 Å². The van der Waals surface area contributed by atoms with Gasteiger partial charge in [-0.15, -0.1) is 0 Å². The molecule has 0 radical (unpaired) electrons. The summed E-state index contributed by atoms with van der Waals surface area (Å²) in [5.41, 5.74) is -0.316. The Labute approximate surface area is 185 Å². The van der Waals surface area contributed by atoms with E-state index in [4.69, 9.17) is 14.2 Å². The van der Waals surface area contributed by atoms with Crippen LogP contribution in [0.1, 0.15) is 52.4 Å². The van der Waals surface area contributed by atoms with E-state index >= 15 is 0 Å². The van der Waals surface area contributed by atoms with E-state index in [-0.39, 0.29) is 41.6 Å². The summed E-state index contributed by atoms with van der Waals surface area (Å²) in [6.45, 7) is 5.20. The molecule has 1 spiro atoms. The van der Waals surface area contributed by atoms with Crippen LogP contribution in [0.25, 0.3) is 0 Å². The molecule has 0 N–H and O–H groups in total. The zero-order valence-electron chi connectivity index (χ0n) is 18.8. The molecule has 2 aliphatic carbocycles. The SMILES string of the molecule is COCOCC[C@@H]1C=CC[C@@H](C/C=C/C(=O)N2[C@H]3C[C@@H]4CC[C@@]3(CS2(=O)=O)C4(C)C)O1. The fourth-order valence-electron chi connectivity index (χ4n) is 6.36. The Hall–Kier alpha value is -1.22. The lowest BCUT2D eigenvalue weighted by Crippen LogP contribution is -2.43. The van der Waals surface area contributed by atoms with Gasteiger partial charge in [-0.2, -0.15) is 0 Å². The van der Waals surface area contributed by atoms with Crippen molar-refractivity contribution in [3.63, 3.8) is 0 Å². The number of carbonyl (C=O) groups is 1. The second-order valence-corrected chi connectivity index (χ2v) is 11.8. The van der Waals surface area contributed by atoms with E-state index in [9.17, 15) is 13.2 Å². The maximum atomic E-state index is 13.0. The predicted molar refractivity (Wildman–Crippen MR) is 117 cm³/mol. The van der Waals surface area contributed by atoms with Crippen LogP contribution in [0.2, 0.25) is 0 Å². The van der Waals surface area contributed by atoms with E-state index in [0.29, 0.717) is 18.9 Å². The van der Waals surface area contributed by atoms with Crippen molar-refractivity contribution in [1.29, 1.82) is 0 Å². The van der Waals surface area contributed by atoms with Gasteiger partial charge >= 0.3 is 0 Å². The van der Waals surface area contributed by atoms with Crippen LogP contribution in [0.3, 0.4) is 0 Å². The first kappa shape index (κ1) is 23.0. The summed E-state index contributed by atoms with van der Waals surface area (Å²) in [6.07, 6.45) is 12.2. The van der Waals surface area contributed by atoms with Gasteiger partial charge < -0.3 is 14.2 Å². The van der Waals surface area contributed by atoms with E-state index < -0.39 is 15.9 Å². The van der Waals surface area contributed by atoms with Crippen LogP contribution < -0.4 is 0 Å². The Morgan fingerprint density at radius 1 is 1.35 bits per heavy atom. The lowest BCUT2D eigenvalue weighted by atomic mass is 9.69. The number of nitrogens with zero attached hydrogens (tertiary/aromatic N) is 1. The summed E-state index contributed by atoms with van der Waals surface area (Å²) in [5, 5.41) is 0. The van der Waals surface area contributed by atoms with Crippen LogP contribution in [-0.2, 0) is 29.0 Å². The number of ether oxygens (including phenoxy) is 3. The molecule has 8 heteroatoms. The second-order valence-electron chi connectivity index (χ2n) is 9.96. The number of hydrogen-bond acceptors (Lipinski definition) is 6. The first-order chi connectivity index (χ1) is 14.7. The van der Waals surface area contributed by atoms with Gasteiger partial charge in [-0.1, -0.05) is 32.1 Å². The number of amides is 1. The third kappa shape index (κ3) is 4.01. The van der Waals surface area contributed by atoms with E-state index in [0.717, 1.165) is 32.1 Å². The number of methoxy groups -OCH3 is 1. The first-order valence-electron chi connectivity index (χ1n) is 11.3. The lowest BCUT2D eigenvalue weighted by Gasteiger charge is -2.36. The zero-order chi connectivity index (χ0) is 22.3. The molecule has 3 fully saturated rings. The molecule has 1 amide bonds. The monoisotopic (exact) mass is 453 g/mol. The Morgan fingerprint density at radius 2 is 2.16 bits per heavy atom. The maximum absolute atomic E-state index is 13.0. The Morgan fingerprint density at radius 3 is 2.90 bits per heavy atom. The molecule has 5 atom stereocenters. The van der Waals surface area contributed by atoms with Gasteiger partial charge in [-0.25, -0.2) is 12.7 Å². The smallest absolute Gasteiger partial charge is 0.260 e. The van der Waals surface area contributed by atoms with Crippen LogP contribution in [0, 0.1) is 16.7 Å². The lowest BCUT2D eigenvalue weighted by molar-refractivity contribution is -0.124. The largest absolute Gasteiger partial charge is 0.370 e. The summed E-state index contributed by atoms with van der Waals surface area (Å²) < 4.78 is 43.4. The molecule has 4 aliphatic rings. The summed E-state index contributed by atoms with van der Waals surface area (Å²) in [6, 6.07) is -0.186. The van der Waals surface area contributed by atoms with Gasteiger partial charge in [0.05, 0.1) is 30.6 Å². The van der Waals surface area contributed by atoms with E-state index in [2.05, 4.69) is 19.9 Å². The molecular formula is C23H35NO6S. The van der Waals surface area contributed by atoms with E-state index in [1.807, 2.05) is 6.08 Å². The van der Waals surface area contributed by atoms with Crippen molar-refractivity contribution < 1.29 is 27.4 Å². The van der Waals surface area contributed by atoms with Gasteiger partial charge in [-0.05, 0) is 43.4 Å². The maximum Gasteiger partial charge on any atom is 0.260 e. The van der Waals surface area contributed by atoms with Crippen molar-refractivity contribution in [2.24, 2.45) is 16.7 Å². The zero-order valence-corrected chi connectivity index (χ0v) is 19.6. The number of hydrogen-bond donors (Lipinski definition) is 0. The Balaban J connectivity index is 1.34. The van der Waals surface area contributed by atoms with Crippen LogP contribution in [0.5, 0.6) is 0 Å². The molecule has 2 heterocycles. The van der Waals surface area contributed by atoms with Crippen LogP contribution in [-0.4, -0.2) is 63.1 Å². The standard InChI is InChI=1S/C23H35NO6S/c1-22(2)17-10-12-23(22)15-31(26,27)24(20(23)14-17)21(25)9-5-8-18-6-4-7-19(30-18)11-13-29-16-28-3/h4-5,7,9,17-20H,6,8,10-16H2,1-3H3/b9-5+/t17-,18-,19-,20-,23-/m0/s1. The molecule has 1 saturated heterocycles. The van der Waals surface area contributed by atoms with Crippen LogP contribution in [0.4, 0.5) is 0 Å². The van der Waals surface area contributed by atoms with E-state index in [1.54, 1.807) is 13.2 Å². The summed E-state index contributed by atoms with van der Waals surface area (Å²) in [7, 11) is -1.98. The average Bonchev–Trinajstić information content (AvgIpc) is 3.19. The third-order valence-electron chi connectivity index (χ3n) is 8.15. The first-order valence-corrected chi connectivity index (χ1v) is 12.9. The molecule has 2 aliphatic heterocycles. The molecule has 2 saturated carbocycles. The normalized spacial score (nSPS) is 37.6. The Kier molecular flexibility index (Phi) is 6.38. The van der Waals surface area contributed by atoms with Crippen molar-refractivity contribution in [2.75, 3.05) is 26.3 Å². The molecule has 31 heavy (non-hydrogen) atoms. The van der Waals surface area contributed by atoms with Crippen molar-refractivity contribution >= 4 is 15.9 Å². The molecule has 0 aromatic carbocycles. The van der Waals surface area contributed by atoms with Crippen molar-refractivity contribution in [1.82, 2.24) is 4.31 Å². The minimum absolute atomic E-state index is 0.0187. The number of sulfonamides is 1. The van der Waals surface area contributed by atoms with E-state index in [1.165, 1.54) is 10.4 Å². The highest BCUT2D eigenvalue weighted by molar-refractivity contribution is 7.90. The van der Waals surface area contributed by atoms with Crippen molar-refractivity contribution in [2.45, 2.75) is 70.6 Å². The predicted octanol–water partition coefficient (Wildman–Crippen LogP) is 3.02. The van der Waals surface area contributed by atoms with Gasteiger partial charge in [0.15, 0.2) is 0 Å². The second kappa shape index (κ2) is 8.61. The number of rotatable bonds is 8. The minimum Gasteiger partial charge on any atom is -0.370 e. The number of fused-ring (bicyclic) bond motifs is 1. The van der Waals surface area contributed by atoms with Crippen molar-refractivity contribution in [3.05, 3.63) is 24.3 Å². The molecular weight excluding hydrogens is 418 g/mol. The quantitative estimate of drug-likeness (QED) is 0.243. The topological polar surface area (TPSA) is 82.1 Å². The molecule has 0 aromatic heterocycles. The highest BCUT2D eigenvalue weighted by Crippen LogP contribution is 2.69. The molecule has 7 nitrogen and oxygen atoms in total. The molecule has 2 bridgehead atoms. The van der Waals surface area contributed by atoms with Crippen LogP contribution in [0.15, 0.2) is 24.3 Å². The van der Waals surface area contributed by atoms with Gasteiger partial charge in [0.25, 0.3) is 5.91 Å². The summed E-state index contributed by atoms with van der Waals surface area (Å²) in [4.78, 5) is 13.0. The summed E-state index contributed by atoms with van der Waals surface area (Å²) >= 11 is 0. The highest BCUT2D eigenvalue weighted by atomic mass is 32.2. The van der Waals surface area contributed by atoms with Gasteiger partial charge in [0.1, 0.15) is 6.79 Å². The Bertz CT molecular complexity index is 850. The third-order valence-corrected chi connectivity index (χ3v) is 10.1. The fourth-order valence-corrected chi connectivity index (χ4v) is 8.87.